The molecule has 0 aromatic heterocycles. The molecule has 0 unspecified atom stereocenters. The average Bonchev–Trinajstić information content (AvgIpc) is 2.65. The van der Waals surface area contributed by atoms with E-state index in [2.05, 4.69) is 26.2 Å². The molecule has 0 spiro atoms. The van der Waals surface area contributed by atoms with E-state index in [1.165, 1.54) is 24.3 Å². The van der Waals surface area contributed by atoms with Crippen LogP contribution in [-0.4, -0.2) is 51.2 Å². The highest BCUT2D eigenvalue weighted by molar-refractivity contribution is 6.84. The molecule has 0 saturated carbocycles. The third kappa shape index (κ3) is 7.37. The highest BCUT2D eigenvalue weighted by Crippen LogP contribution is 2.20. The van der Waals surface area contributed by atoms with Gasteiger partial charge in [-0.25, -0.2) is 9.59 Å². The molecule has 0 atom stereocenters. The smallest absolute Gasteiger partial charge is 0.335 e. The fourth-order valence-corrected chi connectivity index (χ4v) is 10.2. The predicted molar refractivity (Wildman–Crippen MR) is 114 cm³/mol. The van der Waals surface area contributed by atoms with Gasteiger partial charge in [-0.1, -0.05) is 0 Å². The number of ether oxygens (including phenoxy) is 2. The first kappa shape index (κ1) is 22.7. The fourth-order valence-electron chi connectivity index (χ4n) is 2.71. The molecule has 0 bridgehead atoms. The van der Waals surface area contributed by atoms with Crippen LogP contribution in [0, 0.1) is 0 Å². The Morgan fingerprint density at radius 3 is 1.28 bits per heavy atom. The molecule has 0 amide bonds. The van der Waals surface area contributed by atoms with E-state index in [9.17, 15) is 9.59 Å². The van der Waals surface area contributed by atoms with Crippen LogP contribution < -0.4 is 9.47 Å². The minimum atomic E-state index is -2.15. The van der Waals surface area contributed by atoms with Crippen molar-refractivity contribution in [2.24, 2.45) is 0 Å². The van der Waals surface area contributed by atoms with Crippen LogP contribution in [0.2, 0.25) is 26.2 Å². The van der Waals surface area contributed by atoms with Gasteiger partial charge in [0.25, 0.3) is 0 Å². The largest absolute Gasteiger partial charge is 0.494 e. The Kier molecular flexibility index (Phi) is 7.23. The molecule has 0 aliphatic carbocycles. The Labute approximate surface area is 172 Å². The monoisotopic (exact) mass is 434 g/mol. The molecule has 2 aromatic rings. The summed E-state index contributed by atoms with van der Waals surface area (Å²) < 4.78 is 18.1. The maximum atomic E-state index is 10.9. The summed E-state index contributed by atoms with van der Waals surface area (Å²) in [5, 5.41) is 17.9. The van der Waals surface area contributed by atoms with Gasteiger partial charge in [0.2, 0.25) is 16.6 Å². The highest BCUT2D eigenvalue weighted by Gasteiger charge is 2.34. The summed E-state index contributed by atoms with van der Waals surface area (Å²) in [4.78, 5) is 21.8. The van der Waals surface area contributed by atoms with Gasteiger partial charge in [0, 0.05) is 0 Å². The highest BCUT2D eigenvalue weighted by atomic mass is 28.4. The van der Waals surface area contributed by atoms with E-state index in [0.29, 0.717) is 24.0 Å². The molecular weight excluding hydrogens is 408 g/mol. The zero-order valence-corrected chi connectivity index (χ0v) is 19.0. The SMILES string of the molecule is C[Si](C)(COc1ccc(C(=O)O)cc1)O[Si](C)(C)COc1ccc(C(=O)O)cc1. The summed E-state index contributed by atoms with van der Waals surface area (Å²) in [6, 6.07) is 12.6. The normalized spacial score (nSPS) is 11.7. The second kappa shape index (κ2) is 9.25. The lowest BCUT2D eigenvalue weighted by atomic mass is 10.2. The van der Waals surface area contributed by atoms with Crippen LogP contribution in [0.3, 0.4) is 0 Å². The summed E-state index contributed by atoms with van der Waals surface area (Å²) in [5.74, 6) is -0.735. The Morgan fingerprint density at radius 2 is 1.00 bits per heavy atom. The van der Waals surface area contributed by atoms with E-state index in [1.54, 1.807) is 24.3 Å². The molecule has 0 radical (unpaired) electrons. The van der Waals surface area contributed by atoms with Crippen LogP contribution in [0.25, 0.3) is 0 Å². The lowest BCUT2D eigenvalue weighted by Crippen LogP contribution is -2.51. The zero-order chi connectivity index (χ0) is 21.7. The first-order chi connectivity index (χ1) is 13.5. The van der Waals surface area contributed by atoms with Crippen molar-refractivity contribution in [1.29, 1.82) is 0 Å². The number of aromatic carboxylic acids is 2. The standard InChI is InChI=1S/C20H26O7Si2/c1-28(2,13-25-17-9-5-15(6-10-17)19(21)22)27-29(3,4)14-26-18-11-7-16(8-12-18)20(23)24/h5-12H,13-14H2,1-4H3,(H,21,22)(H,23,24). The van der Waals surface area contributed by atoms with Gasteiger partial charge in [0.15, 0.2) is 0 Å². The Bertz CT molecular complexity index is 775. The van der Waals surface area contributed by atoms with Gasteiger partial charge in [0.05, 0.1) is 11.1 Å². The van der Waals surface area contributed by atoms with Crippen molar-refractivity contribution in [3.05, 3.63) is 59.7 Å². The summed E-state index contributed by atoms with van der Waals surface area (Å²) in [7, 11) is -4.31. The van der Waals surface area contributed by atoms with Crippen LogP contribution in [0.5, 0.6) is 11.5 Å². The van der Waals surface area contributed by atoms with E-state index in [4.69, 9.17) is 23.8 Å². The lowest BCUT2D eigenvalue weighted by Gasteiger charge is -2.33. The molecule has 2 N–H and O–H groups in total. The maximum Gasteiger partial charge on any atom is 0.335 e. The van der Waals surface area contributed by atoms with Crippen molar-refractivity contribution in [3.63, 3.8) is 0 Å². The van der Waals surface area contributed by atoms with Gasteiger partial charge in [-0.05, 0) is 74.7 Å². The number of hydrogen-bond donors (Lipinski definition) is 2. The topological polar surface area (TPSA) is 102 Å². The van der Waals surface area contributed by atoms with Crippen molar-refractivity contribution in [2.45, 2.75) is 26.2 Å². The zero-order valence-electron chi connectivity index (χ0n) is 17.0. The van der Waals surface area contributed by atoms with Gasteiger partial charge in [0.1, 0.15) is 24.0 Å². The number of benzene rings is 2. The van der Waals surface area contributed by atoms with Crippen LogP contribution in [0.15, 0.2) is 48.5 Å². The second-order valence-electron chi connectivity index (χ2n) is 7.86. The third-order valence-corrected chi connectivity index (χ3v) is 10.0. The van der Waals surface area contributed by atoms with E-state index in [0.717, 1.165) is 0 Å². The molecule has 2 aromatic carbocycles. The van der Waals surface area contributed by atoms with E-state index >= 15 is 0 Å². The molecule has 29 heavy (non-hydrogen) atoms. The van der Waals surface area contributed by atoms with E-state index in [-0.39, 0.29) is 11.1 Å². The van der Waals surface area contributed by atoms with Crippen LogP contribution in [0.1, 0.15) is 20.7 Å². The van der Waals surface area contributed by atoms with Crippen molar-refractivity contribution in [2.75, 3.05) is 12.5 Å². The molecule has 0 aliphatic rings. The van der Waals surface area contributed by atoms with Crippen molar-refractivity contribution < 1.29 is 33.4 Å². The minimum Gasteiger partial charge on any atom is -0.494 e. The quantitative estimate of drug-likeness (QED) is 0.544. The molecule has 0 heterocycles. The van der Waals surface area contributed by atoms with E-state index in [1.807, 2.05) is 0 Å². The number of hydrogen-bond acceptors (Lipinski definition) is 5. The van der Waals surface area contributed by atoms with Crippen LogP contribution in [-0.2, 0) is 4.12 Å². The predicted octanol–water partition coefficient (Wildman–Crippen LogP) is 4.05. The molecule has 156 valence electrons. The van der Waals surface area contributed by atoms with Crippen molar-refractivity contribution in [3.8, 4) is 11.5 Å². The molecule has 9 heteroatoms. The van der Waals surface area contributed by atoms with Crippen molar-refractivity contribution >= 4 is 28.6 Å². The fraction of sp³-hybridized carbons (Fsp3) is 0.300. The number of rotatable bonds is 10. The summed E-state index contributed by atoms with van der Waals surface area (Å²) in [5.41, 5.74) is 0.430. The Balaban J connectivity index is 1.87. The molecule has 0 saturated heterocycles. The van der Waals surface area contributed by atoms with Crippen LogP contribution >= 0.6 is 0 Å². The summed E-state index contributed by atoms with van der Waals surface area (Å²) >= 11 is 0. The second-order valence-corrected chi connectivity index (χ2v) is 16.3. The third-order valence-electron chi connectivity index (χ3n) is 3.93. The maximum absolute atomic E-state index is 10.9. The van der Waals surface area contributed by atoms with Crippen LogP contribution in [0.4, 0.5) is 0 Å². The molecular formula is C20H26O7Si2. The summed E-state index contributed by atoms with van der Waals surface area (Å²) in [6.07, 6.45) is 0.867. The number of carboxylic acid groups (broad SMARTS) is 2. The Morgan fingerprint density at radius 1 is 0.690 bits per heavy atom. The van der Waals surface area contributed by atoms with Gasteiger partial charge >= 0.3 is 11.9 Å². The molecule has 2 rings (SSSR count). The molecule has 7 nitrogen and oxygen atoms in total. The Hall–Kier alpha value is -2.63. The summed E-state index contributed by atoms with van der Waals surface area (Å²) in [6.45, 7) is 8.26. The first-order valence-corrected chi connectivity index (χ1v) is 15.3. The van der Waals surface area contributed by atoms with Crippen molar-refractivity contribution in [1.82, 2.24) is 0 Å². The minimum absolute atomic E-state index is 0.215. The number of carboxylic acids is 2. The van der Waals surface area contributed by atoms with Gasteiger partial charge in [-0.15, -0.1) is 0 Å². The molecule has 0 fully saturated rings. The van der Waals surface area contributed by atoms with Gasteiger partial charge < -0.3 is 23.8 Å². The number of carbonyl (C=O) groups is 2. The van der Waals surface area contributed by atoms with Gasteiger partial charge in [-0.3, -0.25) is 0 Å². The first-order valence-electron chi connectivity index (χ1n) is 9.10. The average molecular weight is 435 g/mol. The van der Waals surface area contributed by atoms with Gasteiger partial charge in [-0.2, -0.15) is 0 Å². The van der Waals surface area contributed by atoms with E-state index < -0.39 is 28.6 Å². The molecule has 0 aliphatic heterocycles. The lowest BCUT2D eigenvalue weighted by molar-refractivity contribution is 0.0686.